The zero-order chi connectivity index (χ0) is 26.7. The van der Waals surface area contributed by atoms with Crippen LogP contribution in [0.2, 0.25) is 0 Å². The molecule has 7 rings (SSSR count). The van der Waals surface area contributed by atoms with Gasteiger partial charge in [0, 0.05) is 34.1 Å². The van der Waals surface area contributed by atoms with Gasteiger partial charge in [0.05, 0.1) is 22.3 Å². The topological polar surface area (TPSA) is 88.9 Å². The number of carbonyl (C=O) groups excluding carboxylic acids is 2. The summed E-state index contributed by atoms with van der Waals surface area (Å²) in [6.45, 7) is 4.26. The number of nitrogens with zero attached hydrogens (tertiary/aromatic N) is 5. The van der Waals surface area contributed by atoms with Crippen LogP contribution in [-0.4, -0.2) is 31.5 Å². The van der Waals surface area contributed by atoms with Gasteiger partial charge in [0.25, 0.3) is 0 Å². The fraction of sp³-hybridized carbons (Fsp3) is 0.0968. The molecule has 8 heteroatoms. The van der Waals surface area contributed by atoms with Crippen LogP contribution < -0.4 is 4.90 Å². The Morgan fingerprint density at radius 1 is 0.795 bits per heavy atom. The lowest BCUT2D eigenvalue weighted by molar-refractivity contribution is 0.0988. The van der Waals surface area contributed by atoms with E-state index in [9.17, 15) is 9.59 Å². The highest BCUT2D eigenvalue weighted by atomic mass is 32.1. The molecule has 188 valence electrons. The average Bonchev–Trinajstić information content (AvgIpc) is 3.56. The Labute approximate surface area is 228 Å². The molecule has 7 nitrogen and oxygen atoms in total. The van der Waals surface area contributed by atoms with Gasteiger partial charge in [-0.2, -0.15) is 0 Å². The number of thiophene rings is 1. The molecule has 2 aliphatic rings. The summed E-state index contributed by atoms with van der Waals surface area (Å²) in [5.74, 6) is -0.0398. The first kappa shape index (κ1) is 23.3. The Balaban J connectivity index is 1.30. The number of rotatable bonds is 4. The number of allylic oxidation sites excluding steroid dienone is 1. The van der Waals surface area contributed by atoms with Gasteiger partial charge < -0.3 is 0 Å². The van der Waals surface area contributed by atoms with Crippen molar-refractivity contribution in [3.8, 4) is 10.6 Å². The highest BCUT2D eigenvalue weighted by Gasteiger charge is 2.41. The van der Waals surface area contributed by atoms with E-state index in [1.165, 1.54) is 23.7 Å². The lowest BCUT2D eigenvalue weighted by Crippen LogP contribution is -2.19. The first-order chi connectivity index (χ1) is 18.9. The third-order valence-corrected chi connectivity index (χ3v) is 8.24. The van der Waals surface area contributed by atoms with Crippen molar-refractivity contribution in [1.82, 2.24) is 19.9 Å². The number of hydrogen-bond donors (Lipinski definition) is 0. The molecule has 2 aliphatic carbocycles. The summed E-state index contributed by atoms with van der Waals surface area (Å²) in [7, 11) is 0. The molecule has 0 aliphatic heterocycles. The maximum atomic E-state index is 12.8. The number of para-hydroxylation sites is 2. The number of hydrogen-bond acceptors (Lipinski definition) is 8. The van der Waals surface area contributed by atoms with Gasteiger partial charge in [0.15, 0.2) is 5.82 Å². The fourth-order valence-electron chi connectivity index (χ4n) is 5.21. The van der Waals surface area contributed by atoms with E-state index in [-0.39, 0.29) is 28.5 Å². The molecule has 5 aromatic rings. The van der Waals surface area contributed by atoms with Gasteiger partial charge in [-0.1, -0.05) is 50.2 Å². The zero-order valence-corrected chi connectivity index (χ0v) is 21.9. The quantitative estimate of drug-likeness (QED) is 0.193. The smallest absolute Gasteiger partial charge is 0.217 e. The van der Waals surface area contributed by atoms with Crippen molar-refractivity contribution in [3.05, 3.63) is 118 Å². The SMILES string of the molecule is CC1(C)c2cc(C=C3C(=O)c4nccnc4C3=O)sc2-c2ncc(N(c3ccccc3)c3ccccc3)nc21. The summed E-state index contributed by atoms with van der Waals surface area (Å²) in [4.78, 5) is 47.8. The molecular weight excluding hydrogens is 506 g/mol. The molecule has 0 spiro atoms. The summed E-state index contributed by atoms with van der Waals surface area (Å²) in [6.07, 6.45) is 6.31. The van der Waals surface area contributed by atoms with Crippen LogP contribution in [-0.2, 0) is 5.41 Å². The summed E-state index contributed by atoms with van der Waals surface area (Å²) < 4.78 is 0. The molecular formula is C31H21N5O2S. The molecule has 0 fully saturated rings. The van der Waals surface area contributed by atoms with Crippen LogP contribution in [0.5, 0.6) is 0 Å². The zero-order valence-electron chi connectivity index (χ0n) is 21.1. The molecule has 0 saturated heterocycles. The van der Waals surface area contributed by atoms with Gasteiger partial charge in [0.1, 0.15) is 17.1 Å². The molecule has 0 atom stereocenters. The Kier molecular flexibility index (Phi) is 5.14. The van der Waals surface area contributed by atoms with Crippen molar-refractivity contribution < 1.29 is 9.59 Å². The predicted octanol–water partition coefficient (Wildman–Crippen LogP) is 6.57. The van der Waals surface area contributed by atoms with E-state index in [2.05, 4.69) is 53.0 Å². The number of aromatic nitrogens is 4. The van der Waals surface area contributed by atoms with E-state index < -0.39 is 5.41 Å². The monoisotopic (exact) mass is 527 g/mol. The van der Waals surface area contributed by atoms with Crippen molar-refractivity contribution in [2.75, 3.05) is 4.90 Å². The molecule has 0 amide bonds. The fourth-order valence-corrected chi connectivity index (χ4v) is 6.47. The van der Waals surface area contributed by atoms with Gasteiger partial charge in [-0.3, -0.25) is 14.5 Å². The molecule has 2 aromatic carbocycles. The van der Waals surface area contributed by atoms with Crippen LogP contribution in [0.1, 0.15) is 51.0 Å². The number of anilines is 3. The molecule has 3 aromatic heterocycles. The predicted molar refractivity (Wildman–Crippen MR) is 151 cm³/mol. The van der Waals surface area contributed by atoms with E-state index in [1.54, 1.807) is 12.3 Å². The van der Waals surface area contributed by atoms with E-state index in [0.29, 0.717) is 0 Å². The summed E-state index contributed by atoms with van der Waals surface area (Å²) in [5.41, 5.74) is 4.68. The van der Waals surface area contributed by atoms with Gasteiger partial charge >= 0.3 is 0 Å². The van der Waals surface area contributed by atoms with Gasteiger partial charge in [-0.05, 0) is 42.0 Å². The second-order valence-corrected chi connectivity index (χ2v) is 11.0. The number of ketones is 2. The third kappa shape index (κ3) is 3.56. The van der Waals surface area contributed by atoms with Crippen LogP contribution in [0.25, 0.3) is 16.6 Å². The molecule has 3 heterocycles. The van der Waals surface area contributed by atoms with Crippen LogP contribution >= 0.6 is 11.3 Å². The van der Waals surface area contributed by atoms with Crippen molar-refractivity contribution in [1.29, 1.82) is 0 Å². The number of fused-ring (bicyclic) bond motifs is 4. The third-order valence-electron chi connectivity index (χ3n) is 7.15. The van der Waals surface area contributed by atoms with Crippen molar-refractivity contribution in [2.45, 2.75) is 19.3 Å². The van der Waals surface area contributed by atoms with Gasteiger partial charge in [-0.25, -0.2) is 19.9 Å². The minimum atomic E-state index is -0.421. The number of carbonyl (C=O) groups is 2. The van der Waals surface area contributed by atoms with Crippen LogP contribution in [0, 0.1) is 0 Å². The van der Waals surface area contributed by atoms with Gasteiger partial charge in [0.2, 0.25) is 11.6 Å². The first-order valence-corrected chi connectivity index (χ1v) is 13.3. The summed E-state index contributed by atoms with van der Waals surface area (Å²) in [5, 5.41) is 0. The number of Topliss-reactive ketones (excluding diaryl/α,β-unsaturated/α-hetero) is 2. The van der Waals surface area contributed by atoms with E-state index in [1.807, 2.05) is 42.5 Å². The molecule has 0 radical (unpaired) electrons. The lowest BCUT2D eigenvalue weighted by atomic mass is 9.86. The van der Waals surface area contributed by atoms with Crippen LogP contribution in [0.4, 0.5) is 17.2 Å². The first-order valence-electron chi connectivity index (χ1n) is 12.5. The minimum Gasteiger partial charge on any atom is -0.294 e. The second-order valence-electron chi connectivity index (χ2n) is 9.92. The van der Waals surface area contributed by atoms with E-state index in [4.69, 9.17) is 9.97 Å². The largest absolute Gasteiger partial charge is 0.294 e. The Hall–Kier alpha value is -4.82. The summed E-state index contributed by atoms with van der Waals surface area (Å²) in [6, 6.07) is 22.3. The van der Waals surface area contributed by atoms with Crippen LogP contribution in [0.15, 0.2) is 90.9 Å². The molecule has 0 bridgehead atoms. The maximum Gasteiger partial charge on any atom is 0.217 e. The second kappa shape index (κ2) is 8.61. The molecule has 0 saturated carbocycles. The van der Waals surface area contributed by atoms with Crippen molar-refractivity contribution in [3.63, 3.8) is 0 Å². The van der Waals surface area contributed by atoms with Crippen molar-refractivity contribution >= 4 is 46.2 Å². The highest BCUT2D eigenvalue weighted by molar-refractivity contribution is 7.16. The standard InChI is InChI=1S/C31H21N5O2S/c1-31(2)22-16-20(15-21-27(37)24-25(28(21)38)33-14-13-32-24)39-29(22)26-30(31)35-23(17-34-26)36(18-9-5-3-6-10-18)19-11-7-4-8-12-19/h3-17H,1-2H3. The normalized spacial score (nSPS) is 14.7. The molecule has 39 heavy (non-hydrogen) atoms. The van der Waals surface area contributed by atoms with E-state index in [0.717, 1.165) is 43.9 Å². The van der Waals surface area contributed by atoms with E-state index >= 15 is 0 Å². The Morgan fingerprint density at radius 3 is 1.97 bits per heavy atom. The Morgan fingerprint density at radius 2 is 1.38 bits per heavy atom. The summed E-state index contributed by atoms with van der Waals surface area (Å²) >= 11 is 1.51. The maximum absolute atomic E-state index is 12.8. The van der Waals surface area contributed by atoms with Crippen molar-refractivity contribution in [2.24, 2.45) is 0 Å². The average molecular weight is 528 g/mol. The Bertz CT molecular complexity index is 1750. The lowest BCUT2D eigenvalue weighted by Gasteiger charge is -2.26. The van der Waals surface area contributed by atoms with Crippen LogP contribution in [0.3, 0.4) is 0 Å². The molecule has 0 unspecified atom stereocenters. The highest BCUT2D eigenvalue weighted by Crippen LogP contribution is 2.52. The molecule has 0 N–H and O–H groups in total. The van der Waals surface area contributed by atoms with Gasteiger partial charge in [-0.15, -0.1) is 11.3 Å². The minimum absolute atomic E-state index is 0.0944. The number of benzene rings is 2.